The Morgan fingerprint density at radius 3 is 2.57 bits per heavy atom. The number of nitrogens with one attached hydrogen (secondary N) is 1. The van der Waals surface area contributed by atoms with E-state index in [-0.39, 0.29) is 23.5 Å². The normalized spacial score (nSPS) is 19.5. The van der Waals surface area contributed by atoms with Crippen LogP contribution in [0.25, 0.3) is 0 Å². The van der Waals surface area contributed by atoms with Gasteiger partial charge in [0.1, 0.15) is 6.54 Å². The monoisotopic (exact) mass is 405 g/mol. The Balaban J connectivity index is 1.67. The minimum atomic E-state index is -2.96. The highest BCUT2D eigenvalue weighted by molar-refractivity contribution is 7.91. The summed E-state index contributed by atoms with van der Waals surface area (Å²) in [6.45, 7) is 4.98. The van der Waals surface area contributed by atoms with Gasteiger partial charge in [0, 0.05) is 18.4 Å². The number of anilines is 1. The quantitative estimate of drug-likeness (QED) is 0.761. The summed E-state index contributed by atoms with van der Waals surface area (Å²) in [5.41, 5.74) is 3.88. The largest absolute Gasteiger partial charge is 0.326 e. The predicted octanol–water partition coefficient (Wildman–Crippen LogP) is 0.537. The van der Waals surface area contributed by atoms with E-state index in [1.807, 2.05) is 55.9 Å². The lowest BCUT2D eigenvalue weighted by Gasteiger charge is -2.20. The highest BCUT2D eigenvalue weighted by Crippen LogP contribution is 2.26. The lowest BCUT2D eigenvalue weighted by Crippen LogP contribution is -3.09. The van der Waals surface area contributed by atoms with Crippen LogP contribution in [0.3, 0.4) is 0 Å². The van der Waals surface area contributed by atoms with Crippen molar-refractivity contribution in [1.29, 1.82) is 0 Å². The van der Waals surface area contributed by atoms with Crippen LogP contribution in [0.15, 0.2) is 30.3 Å². The van der Waals surface area contributed by atoms with Crippen LogP contribution in [0, 0.1) is 13.8 Å². The molecule has 1 unspecified atom stereocenters. The third-order valence-corrected chi connectivity index (χ3v) is 7.23. The van der Waals surface area contributed by atoms with Crippen molar-refractivity contribution in [3.05, 3.63) is 47.3 Å². The molecule has 1 N–H and O–H groups in total. The van der Waals surface area contributed by atoms with Gasteiger partial charge in [0.15, 0.2) is 16.4 Å². The molecule has 8 heteroatoms. The molecule has 2 atom stereocenters. The third kappa shape index (κ3) is 4.44. The van der Waals surface area contributed by atoms with Crippen LogP contribution in [0.5, 0.6) is 0 Å². The molecular formula is C20H29N4O3S+. The zero-order valence-electron chi connectivity index (χ0n) is 17.0. The predicted molar refractivity (Wildman–Crippen MR) is 109 cm³/mol. The molecular weight excluding hydrogens is 376 g/mol. The number of sulfone groups is 1. The summed E-state index contributed by atoms with van der Waals surface area (Å²) in [7, 11) is 0.830. The first-order chi connectivity index (χ1) is 13.2. The number of nitrogens with zero attached hydrogens (tertiary/aromatic N) is 3. The maximum atomic E-state index is 12.6. The Labute approximate surface area is 166 Å². The van der Waals surface area contributed by atoms with Crippen LogP contribution in [0.4, 0.5) is 5.69 Å². The molecule has 7 nitrogen and oxygen atoms in total. The topological polar surface area (TPSA) is 76.7 Å². The van der Waals surface area contributed by atoms with Crippen molar-refractivity contribution in [1.82, 2.24) is 9.78 Å². The molecule has 1 aliphatic rings. The second-order valence-electron chi connectivity index (χ2n) is 7.75. The van der Waals surface area contributed by atoms with Crippen molar-refractivity contribution < 1.29 is 18.1 Å². The molecule has 1 aromatic carbocycles. The van der Waals surface area contributed by atoms with E-state index < -0.39 is 9.84 Å². The third-order valence-electron chi connectivity index (χ3n) is 5.48. The zero-order chi connectivity index (χ0) is 20.5. The van der Waals surface area contributed by atoms with Gasteiger partial charge in [-0.3, -0.25) is 9.48 Å². The minimum absolute atomic E-state index is 0.0493. The Morgan fingerprint density at radius 1 is 1.29 bits per heavy atom. The summed E-state index contributed by atoms with van der Waals surface area (Å²) < 4.78 is 25.5. The summed E-state index contributed by atoms with van der Waals surface area (Å²) in [5, 5.41) is 4.62. The maximum Gasteiger partial charge on any atom is 0.281 e. The summed E-state index contributed by atoms with van der Waals surface area (Å²) >= 11 is 0. The molecule has 0 spiro atoms. The van der Waals surface area contributed by atoms with Gasteiger partial charge in [-0.2, -0.15) is 5.10 Å². The highest BCUT2D eigenvalue weighted by atomic mass is 32.2. The number of aromatic nitrogens is 2. The fourth-order valence-electron chi connectivity index (χ4n) is 3.81. The Hall–Kier alpha value is -2.19. The van der Waals surface area contributed by atoms with Crippen LogP contribution in [0.2, 0.25) is 0 Å². The van der Waals surface area contributed by atoms with Crippen LogP contribution < -0.4 is 9.80 Å². The van der Waals surface area contributed by atoms with Crippen molar-refractivity contribution in [2.24, 2.45) is 0 Å². The first-order valence-corrected chi connectivity index (χ1v) is 11.4. The van der Waals surface area contributed by atoms with Gasteiger partial charge in [0.05, 0.1) is 35.9 Å². The maximum absolute atomic E-state index is 12.6. The number of carbonyl (C=O) groups is 1. The minimum Gasteiger partial charge on any atom is -0.326 e. The molecule has 1 amide bonds. The van der Waals surface area contributed by atoms with Crippen molar-refractivity contribution in [3.63, 3.8) is 0 Å². The van der Waals surface area contributed by atoms with Crippen molar-refractivity contribution in [3.8, 4) is 0 Å². The molecule has 1 aromatic heterocycles. The summed E-state index contributed by atoms with van der Waals surface area (Å²) in [5.74, 6) is 0.446. The molecule has 0 saturated carbocycles. The lowest BCUT2D eigenvalue weighted by molar-refractivity contribution is -0.885. The average Bonchev–Trinajstić information content (AvgIpc) is 3.15. The lowest BCUT2D eigenvalue weighted by atomic mass is 10.1. The number of hydrogen-bond acceptors (Lipinski definition) is 4. The molecule has 1 aliphatic heterocycles. The van der Waals surface area contributed by atoms with E-state index in [1.54, 1.807) is 11.9 Å². The highest BCUT2D eigenvalue weighted by Gasteiger charge is 2.32. The van der Waals surface area contributed by atoms with Gasteiger partial charge < -0.3 is 9.80 Å². The molecule has 0 bridgehead atoms. The van der Waals surface area contributed by atoms with E-state index >= 15 is 0 Å². The smallest absolute Gasteiger partial charge is 0.281 e. The molecule has 2 aromatic rings. The number of benzene rings is 1. The Kier molecular flexibility index (Phi) is 5.90. The van der Waals surface area contributed by atoms with Gasteiger partial charge in [-0.05, 0) is 32.4 Å². The summed E-state index contributed by atoms with van der Waals surface area (Å²) in [6.07, 6.45) is 0.618. The number of carbonyl (C=O) groups excluding carboxylic acids is 1. The number of amides is 1. The standard InChI is InChI=1S/C20H28N4O3S/c1-15-19(16(2)24(21-15)18-10-11-28(26,27)14-18)12-22(3)13-20(25)23(4)17-8-6-5-7-9-17/h5-9,18H,10-14H2,1-4H3/p+1/t18-/m0/s1. The number of hydrogen-bond donors (Lipinski definition) is 1. The van der Waals surface area contributed by atoms with Crippen LogP contribution in [-0.2, 0) is 21.2 Å². The van der Waals surface area contributed by atoms with Crippen LogP contribution >= 0.6 is 0 Å². The van der Waals surface area contributed by atoms with Crippen molar-refractivity contribution in [2.45, 2.75) is 32.9 Å². The molecule has 1 fully saturated rings. The summed E-state index contributed by atoms with van der Waals surface area (Å²) in [6, 6.07) is 9.52. The molecule has 0 radical (unpaired) electrons. The molecule has 28 heavy (non-hydrogen) atoms. The number of aryl methyl sites for hydroxylation is 1. The van der Waals surface area contributed by atoms with E-state index in [9.17, 15) is 13.2 Å². The Morgan fingerprint density at radius 2 is 1.96 bits per heavy atom. The average molecular weight is 406 g/mol. The van der Waals surface area contributed by atoms with Crippen LogP contribution in [-0.4, -0.2) is 56.3 Å². The summed E-state index contributed by atoms with van der Waals surface area (Å²) in [4.78, 5) is 15.4. The van der Waals surface area contributed by atoms with Gasteiger partial charge in [0.2, 0.25) is 0 Å². The second-order valence-corrected chi connectivity index (χ2v) is 9.98. The van der Waals surface area contributed by atoms with Crippen molar-refractivity contribution in [2.75, 3.05) is 37.0 Å². The molecule has 0 aliphatic carbocycles. The molecule has 1 saturated heterocycles. The fourth-order valence-corrected chi connectivity index (χ4v) is 5.51. The molecule has 2 heterocycles. The number of quaternary nitrogens is 1. The second kappa shape index (κ2) is 8.05. The van der Waals surface area contributed by atoms with Gasteiger partial charge in [-0.15, -0.1) is 0 Å². The van der Waals surface area contributed by atoms with Crippen molar-refractivity contribution >= 4 is 21.4 Å². The first kappa shape index (κ1) is 20.5. The van der Waals surface area contributed by atoms with Gasteiger partial charge >= 0.3 is 0 Å². The zero-order valence-corrected chi connectivity index (χ0v) is 17.8. The molecule has 3 rings (SSSR count). The molecule has 152 valence electrons. The van der Waals surface area contributed by atoms with E-state index in [0.29, 0.717) is 19.5 Å². The van der Waals surface area contributed by atoms with Crippen LogP contribution in [0.1, 0.15) is 29.4 Å². The number of likely N-dealkylation sites (N-methyl/N-ethyl adjacent to an activating group) is 2. The first-order valence-electron chi connectivity index (χ1n) is 9.56. The van der Waals surface area contributed by atoms with E-state index in [1.165, 1.54) is 0 Å². The van der Waals surface area contributed by atoms with Gasteiger partial charge in [-0.1, -0.05) is 18.2 Å². The Bertz CT molecular complexity index is 953. The van der Waals surface area contributed by atoms with E-state index in [2.05, 4.69) is 5.10 Å². The van der Waals surface area contributed by atoms with Gasteiger partial charge in [-0.25, -0.2) is 8.42 Å². The fraction of sp³-hybridized carbons (Fsp3) is 0.500. The number of rotatable bonds is 6. The number of para-hydroxylation sites is 1. The SMILES string of the molecule is Cc1nn([C@H]2CCS(=O)(=O)C2)c(C)c1C[NH+](C)CC(=O)N(C)c1ccccc1. The van der Waals surface area contributed by atoms with Gasteiger partial charge in [0.25, 0.3) is 5.91 Å². The van der Waals surface area contributed by atoms with E-state index in [0.717, 1.165) is 27.5 Å². The van der Waals surface area contributed by atoms with E-state index in [4.69, 9.17) is 0 Å².